The fraction of sp³-hybridized carbons (Fsp3) is 0.760. The first kappa shape index (κ1) is 25.8. The topological polar surface area (TPSA) is 91.5 Å². The number of likely N-dealkylation sites (tertiary alicyclic amines) is 1. The van der Waals surface area contributed by atoms with Gasteiger partial charge < -0.3 is 21.1 Å². The van der Waals surface area contributed by atoms with Crippen molar-refractivity contribution in [1.29, 1.82) is 0 Å². The van der Waals surface area contributed by atoms with Gasteiger partial charge in [-0.25, -0.2) is 0 Å². The van der Waals surface area contributed by atoms with Gasteiger partial charge in [0.2, 0.25) is 0 Å². The summed E-state index contributed by atoms with van der Waals surface area (Å²) in [5.74, 6) is 0.649. The molecule has 1 aromatic rings. The molecule has 1 aliphatic heterocycles. The van der Waals surface area contributed by atoms with Crippen molar-refractivity contribution < 1.29 is 9.90 Å². The molecule has 0 bridgehead atoms. The van der Waals surface area contributed by atoms with Crippen molar-refractivity contribution in [2.24, 2.45) is 11.7 Å². The lowest BCUT2D eigenvalue weighted by Gasteiger charge is -2.31. The van der Waals surface area contributed by atoms with E-state index in [-0.39, 0.29) is 11.9 Å². The summed E-state index contributed by atoms with van der Waals surface area (Å²) in [5, 5.41) is 11.9. The first-order valence-electron chi connectivity index (χ1n) is 12.5. The molecule has 31 heavy (non-hydrogen) atoms. The van der Waals surface area contributed by atoms with E-state index in [1.807, 2.05) is 0 Å². The van der Waals surface area contributed by atoms with Gasteiger partial charge in [-0.1, -0.05) is 44.9 Å². The number of pyridine rings is 1. The van der Waals surface area contributed by atoms with Crippen molar-refractivity contribution in [2.45, 2.75) is 83.1 Å². The van der Waals surface area contributed by atoms with Gasteiger partial charge in [0, 0.05) is 31.6 Å². The van der Waals surface area contributed by atoms with Gasteiger partial charge in [-0.15, -0.1) is 0 Å². The summed E-state index contributed by atoms with van der Waals surface area (Å²) in [6.07, 6.45) is 18.0. The first-order valence-corrected chi connectivity index (χ1v) is 12.5. The maximum atomic E-state index is 12.0. The van der Waals surface area contributed by atoms with E-state index in [0.29, 0.717) is 18.7 Å². The number of aliphatic hydroxyl groups excluding tert-OH is 1. The predicted octanol–water partition coefficient (Wildman–Crippen LogP) is 3.74. The Morgan fingerprint density at radius 3 is 2.45 bits per heavy atom. The number of carbonyl (C=O) groups is 1. The molecule has 1 fully saturated rings. The van der Waals surface area contributed by atoms with Crippen molar-refractivity contribution >= 4 is 5.91 Å². The molecule has 6 nitrogen and oxygen atoms in total. The summed E-state index contributed by atoms with van der Waals surface area (Å²) in [6, 6.07) is 3.55. The van der Waals surface area contributed by atoms with Crippen LogP contribution in [0.15, 0.2) is 24.5 Å². The number of aromatic nitrogens is 1. The molecular weight excluding hydrogens is 388 g/mol. The van der Waals surface area contributed by atoms with E-state index < -0.39 is 0 Å². The van der Waals surface area contributed by atoms with Crippen molar-refractivity contribution in [3.63, 3.8) is 0 Å². The average molecular weight is 433 g/mol. The molecule has 1 aliphatic rings. The third kappa shape index (κ3) is 11.6. The van der Waals surface area contributed by atoms with Crippen LogP contribution >= 0.6 is 0 Å². The second-order valence-corrected chi connectivity index (χ2v) is 9.13. The number of hydrogen-bond donors (Lipinski definition) is 3. The fourth-order valence-electron chi connectivity index (χ4n) is 4.41. The molecule has 0 saturated carbocycles. The Labute approximate surface area is 189 Å². The number of aliphatic hydroxyl groups is 1. The van der Waals surface area contributed by atoms with Gasteiger partial charge in [-0.3, -0.25) is 9.78 Å². The van der Waals surface area contributed by atoms with Crippen LogP contribution in [-0.4, -0.2) is 59.7 Å². The Morgan fingerprint density at radius 2 is 1.81 bits per heavy atom. The molecule has 1 amide bonds. The number of carbonyl (C=O) groups excluding carboxylic acids is 1. The largest absolute Gasteiger partial charge is 0.396 e. The summed E-state index contributed by atoms with van der Waals surface area (Å²) in [6.45, 7) is 4.57. The molecule has 1 aromatic heterocycles. The maximum absolute atomic E-state index is 12.0. The Hall–Kier alpha value is -1.50. The van der Waals surface area contributed by atoms with Gasteiger partial charge in [0.1, 0.15) is 0 Å². The summed E-state index contributed by atoms with van der Waals surface area (Å²) in [5.41, 5.74) is 6.72. The number of piperidine rings is 1. The number of rotatable bonds is 16. The molecular formula is C25H44N4O2. The Bertz CT molecular complexity index is 576. The monoisotopic (exact) mass is 432 g/mol. The SMILES string of the molecule is NC(CCCCCCCCCCN1CCC(CCO)CC1)CNC(=O)c1cccnc1. The number of hydrogen-bond acceptors (Lipinski definition) is 5. The minimum atomic E-state index is -0.102. The van der Waals surface area contributed by atoms with Gasteiger partial charge in [0.15, 0.2) is 0 Å². The highest BCUT2D eigenvalue weighted by Crippen LogP contribution is 2.20. The van der Waals surface area contributed by atoms with Gasteiger partial charge in [-0.2, -0.15) is 0 Å². The number of unbranched alkanes of at least 4 members (excludes halogenated alkanes) is 7. The zero-order valence-corrected chi connectivity index (χ0v) is 19.3. The lowest BCUT2D eigenvalue weighted by atomic mass is 9.94. The summed E-state index contributed by atoms with van der Waals surface area (Å²) in [4.78, 5) is 18.6. The number of nitrogens with zero attached hydrogens (tertiary/aromatic N) is 2. The van der Waals surface area contributed by atoms with Crippen LogP contribution in [0.3, 0.4) is 0 Å². The van der Waals surface area contributed by atoms with Gasteiger partial charge in [0.05, 0.1) is 5.56 Å². The average Bonchev–Trinajstić information content (AvgIpc) is 2.80. The highest BCUT2D eigenvalue weighted by atomic mass is 16.3. The quantitative estimate of drug-likeness (QED) is 0.346. The van der Waals surface area contributed by atoms with Gasteiger partial charge in [-0.05, 0) is 69.8 Å². The van der Waals surface area contributed by atoms with E-state index in [1.165, 1.54) is 77.4 Å². The molecule has 4 N–H and O–H groups in total. The zero-order valence-electron chi connectivity index (χ0n) is 19.3. The summed E-state index contributed by atoms with van der Waals surface area (Å²) < 4.78 is 0. The van der Waals surface area contributed by atoms with Crippen LogP contribution in [0, 0.1) is 5.92 Å². The lowest BCUT2D eigenvalue weighted by molar-refractivity contribution is 0.0950. The first-order chi connectivity index (χ1) is 15.2. The van der Waals surface area contributed by atoms with Crippen LogP contribution in [0.4, 0.5) is 0 Å². The molecule has 176 valence electrons. The third-order valence-electron chi connectivity index (χ3n) is 6.49. The highest BCUT2D eigenvalue weighted by molar-refractivity contribution is 5.93. The molecule has 0 radical (unpaired) electrons. The minimum Gasteiger partial charge on any atom is -0.396 e. The van der Waals surface area contributed by atoms with Crippen molar-refractivity contribution in [2.75, 3.05) is 32.8 Å². The Kier molecular flexibility index (Phi) is 13.4. The van der Waals surface area contributed by atoms with Gasteiger partial charge in [0.25, 0.3) is 5.91 Å². The van der Waals surface area contributed by atoms with E-state index in [0.717, 1.165) is 25.2 Å². The third-order valence-corrected chi connectivity index (χ3v) is 6.49. The molecule has 0 spiro atoms. The van der Waals surface area contributed by atoms with Crippen molar-refractivity contribution in [3.05, 3.63) is 30.1 Å². The predicted molar refractivity (Wildman–Crippen MR) is 127 cm³/mol. The molecule has 0 aromatic carbocycles. The van der Waals surface area contributed by atoms with E-state index >= 15 is 0 Å². The van der Waals surface area contributed by atoms with Crippen LogP contribution in [0.2, 0.25) is 0 Å². The zero-order chi connectivity index (χ0) is 22.2. The van der Waals surface area contributed by atoms with Crippen LogP contribution in [0.1, 0.15) is 87.4 Å². The number of amides is 1. The smallest absolute Gasteiger partial charge is 0.252 e. The Morgan fingerprint density at radius 1 is 1.13 bits per heavy atom. The van der Waals surface area contributed by atoms with Crippen LogP contribution < -0.4 is 11.1 Å². The molecule has 6 heteroatoms. The lowest BCUT2D eigenvalue weighted by Crippen LogP contribution is -2.37. The number of nitrogens with one attached hydrogen (secondary N) is 1. The fourth-order valence-corrected chi connectivity index (χ4v) is 4.41. The molecule has 2 heterocycles. The van der Waals surface area contributed by atoms with Crippen LogP contribution in [-0.2, 0) is 0 Å². The minimum absolute atomic E-state index is 0.0225. The Balaban J connectivity index is 1.34. The van der Waals surface area contributed by atoms with Crippen molar-refractivity contribution in [1.82, 2.24) is 15.2 Å². The number of nitrogens with two attached hydrogens (primary N) is 1. The van der Waals surface area contributed by atoms with E-state index in [4.69, 9.17) is 10.8 Å². The van der Waals surface area contributed by atoms with Crippen LogP contribution in [0.5, 0.6) is 0 Å². The molecule has 1 saturated heterocycles. The second-order valence-electron chi connectivity index (χ2n) is 9.13. The summed E-state index contributed by atoms with van der Waals surface area (Å²) in [7, 11) is 0. The van der Waals surface area contributed by atoms with E-state index in [2.05, 4.69) is 15.2 Å². The molecule has 0 aliphatic carbocycles. The van der Waals surface area contributed by atoms with Crippen molar-refractivity contribution in [3.8, 4) is 0 Å². The standard InChI is InChI=1S/C25H44N4O2/c26-24(21-28-25(31)23-10-9-15-27-20-23)11-7-5-3-1-2-4-6-8-16-29-17-12-22(13-18-29)14-19-30/h9-10,15,20,22,24,30H,1-8,11-14,16-19,21,26H2,(H,28,31). The highest BCUT2D eigenvalue weighted by Gasteiger charge is 2.17. The molecule has 1 atom stereocenters. The summed E-state index contributed by atoms with van der Waals surface area (Å²) >= 11 is 0. The molecule has 1 unspecified atom stereocenters. The van der Waals surface area contributed by atoms with E-state index in [1.54, 1.807) is 24.5 Å². The van der Waals surface area contributed by atoms with Crippen LogP contribution in [0.25, 0.3) is 0 Å². The van der Waals surface area contributed by atoms with E-state index in [9.17, 15) is 4.79 Å². The normalized spacial score (nSPS) is 16.3. The van der Waals surface area contributed by atoms with Gasteiger partial charge >= 0.3 is 0 Å². The second kappa shape index (κ2) is 16.2. The maximum Gasteiger partial charge on any atom is 0.252 e. The molecule has 2 rings (SSSR count).